The van der Waals surface area contributed by atoms with Crippen LogP contribution in [0.15, 0.2) is 0 Å². The van der Waals surface area contributed by atoms with E-state index in [2.05, 4.69) is 4.74 Å². The van der Waals surface area contributed by atoms with Crippen molar-refractivity contribution in [3.05, 3.63) is 0 Å². The molecule has 0 N–H and O–H groups in total. The van der Waals surface area contributed by atoms with E-state index in [0.29, 0.717) is 12.8 Å². The standard InChI is InChI=1S/C10H11F6O3/c1-7(4-2-3-5-7)19-6(17)8(18,9(11,12)13)10(14,15)16/h2-5H2,1H3/q-1. The molecule has 1 fully saturated rings. The maximum Gasteiger partial charge on any atom is 0.399 e. The minimum atomic E-state index is -6.31. The van der Waals surface area contributed by atoms with Gasteiger partial charge in [-0.1, -0.05) is 0 Å². The lowest BCUT2D eigenvalue weighted by Gasteiger charge is -2.42. The van der Waals surface area contributed by atoms with Crippen LogP contribution in [0.3, 0.4) is 0 Å². The summed E-state index contributed by atoms with van der Waals surface area (Å²) in [5, 5.41) is 11.1. The number of halogens is 6. The fraction of sp³-hybridized carbons (Fsp3) is 0.900. The first-order chi connectivity index (χ1) is 8.33. The molecule has 0 unspecified atom stereocenters. The average molecular weight is 293 g/mol. The predicted molar refractivity (Wildman–Crippen MR) is 47.8 cm³/mol. The second-order valence-corrected chi connectivity index (χ2v) is 4.72. The molecule has 0 radical (unpaired) electrons. The molecule has 0 amide bonds. The number of ether oxygens (including phenoxy) is 1. The first kappa shape index (κ1) is 16.1. The molecule has 1 rings (SSSR count). The molecule has 0 atom stereocenters. The summed E-state index contributed by atoms with van der Waals surface area (Å²) < 4.78 is 78.1. The summed E-state index contributed by atoms with van der Waals surface area (Å²) in [4.78, 5) is 11.1. The smallest absolute Gasteiger partial charge is 0.399 e. The molecular weight excluding hydrogens is 282 g/mol. The van der Waals surface area contributed by atoms with Gasteiger partial charge in [-0.2, -0.15) is 26.3 Å². The molecule has 1 aliphatic rings. The second kappa shape index (κ2) is 4.53. The predicted octanol–water partition coefficient (Wildman–Crippen LogP) is 2.09. The molecular formula is C10H11F6O3-. The van der Waals surface area contributed by atoms with Gasteiger partial charge in [0.05, 0.1) is 0 Å². The number of hydrogen-bond donors (Lipinski definition) is 0. The highest BCUT2D eigenvalue weighted by Gasteiger charge is 2.68. The van der Waals surface area contributed by atoms with Gasteiger partial charge in [-0.3, -0.25) is 4.79 Å². The van der Waals surface area contributed by atoms with Crippen LogP contribution in [0.2, 0.25) is 0 Å². The molecule has 19 heavy (non-hydrogen) atoms. The molecule has 0 aliphatic heterocycles. The second-order valence-electron chi connectivity index (χ2n) is 4.72. The van der Waals surface area contributed by atoms with Gasteiger partial charge < -0.3 is 9.84 Å². The fourth-order valence-corrected chi connectivity index (χ4v) is 1.91. The van der Waals surface area contributed by atoms with Gasteiger partial charge in [-0.05, 0) is 32.6 Å². The van der Waals surface area contributed by atoms with Crippen LogP contribution in [0.4, 0.5) is 26.3 Å². The van der Waals surface area contributed by atoms with E-state index in [1.54, 1.807) is 0 Å². The van der Waals surface area contributed by atoms with Gasteiger partial charge in [0.25, 0.3) is 0 Å². The molecule has 9 heteroatoms. The van der Waals surface area contributed by atoms with Gasteiger partial charge in [0.1, 0.15) is 5.60 Å². The van der Waals surface area contributed by atoms with Crippen molar-refractivity contribution in [2.75, 3.05) is 0 Å². The third kappa shape index (κ3) is 2.80. The normalized spacial score (nSPS) is 20.4. The van der Waals surface area contributed by atoms with Gasteiger partial charge in [0.2, 0.25) is 0 Å². The van der Waals surface area contributed by atoms with Gasteiger partial charge in [-0.15, -0.1) is 0 Å². The van der Waals surface area contributed by atoms with Crippen molar-refractivity contribution in [1.29, 1.82) is 0 Å². The summed E-state index contributed by atoms with van der Waals surface area (Å²) in [6.45, 7) is 1.21. The van der Waals surface area contributed by atoms with Crippen molar-refractivity contribution in [3.63, 3.8) is 0 Å². The quantitative estimate of drug-likeness (QED) is 0.578. The van der Waals surface area contributed by atoms with Gasteiger partial charge in [0.15, 0.2) is 5.60 Å². The lowest BCUT2D eigenvalue weighted by atomic mass is 10.0. The van der Waals surface area contributed by atoms with Crippen molar-refractivity contribution in [3.8, 4) is 0 Å². The highest BCUT2D eigenvalue weighted by Crippen LogP contribution is 2.43. The average Bonchev–Trinajstić information content (AvgIpc) is 2.59. The highest BCUT2D eigenvalue weighted by molar-refractivity contribution is 5.81. The minimum absolute atomic E-state index is 0.129. The molecule has 0 aromatic rings. The van der Waals surface area contributed by atoms with Crippen molar-refractivity contribution >= 4 is 5.97 Å². The number of carbonyl (C=O) groups is 1. The Morgan fingerprint density at radius 2 is 1.42 bits per heavy atom. The Balaban J connectivity index is 3.04. The van der Waals surface area contributed by atoms with Gasteiger partial charge >= 0.3 is 18.3 Å². The van der Waals surface area contributed by atoms with E-state index < -0.39 is 29.5 Å². The molecule has 0 aromatic carbocycles. The summed E-state index contributed by atoms with van der Waals surface area (Å²) >= 11 is 0. The monoisotopic (exact) mass is 293 g/mol. The fourth-order valence-electron chi connectivity index (χ4n) is 1.91. The van der Waals surface area contributed by atoms with Crippen LogP contribution in [-0.4, -0.2) is 29.5 Å². The third-order valence-electron chi connectivity index (χ3n) is 3.09. The maximum atomic E-state index is 12.3. The zero-order chi connectivity index (χ0) is 15.1. The largest absolute Gasteiger partial charge is 0.828 e. The number of alkyl halides is 6. The number of rotatable bonds is 2. The minimum Gasteiger partial charge on any atom is -0.828 e. The van der Waals surface area contributed by atoms with Crippen molar-refractivity contribution in [2.24, 2.45) is 0 Å². The van der Waals surface area contributed by atoms with Crippen LogP contribution in [0, 0.1) is 0 Å². The molecule has 0 heterocycles. The Morgan fingerprint density at radius 3 is 1.74 bits per heavy atom. The van der Waals surface area contributed by atoms with Gasteiger partial charge in [-0.25, -0.2) is 0 Å². The van der Waals surface area contributed by atoms with Crippen molar-refractivity contribution in [1.82, 2.24) is 0 Å². The summed E-state index contributed by atoms with van der Waals surface area (Å²) in [6, 6.07) is 0. The Labute approximate surface area is 104 Å². The molecule has 3 nitrogen and oxygen atoms in total. The highest BCUT2D eigenvalue weighted by atomic mass is 19.4. The molecule has 0 bridgehead atoms. The van der Waals surface area contributed by atoms with E-state index >= 15 is 0 Å². The van der Waals surface area contributed by atoms with Crippen LogP contribution in [0.1, 0.15) is 32.6 Å². The van der Waals surface area contributed by atoms with Crippen LogP contribution >= 0.6 is 0 Å². The Hall–Kier alpha value is -0.990. The van der Waals surface area contributed by atoms with Crippen LogP contribution in [0.5, 0.6) is 0 Å². The topological polar surface area (TPSA) is 49.4 Å². The molecule has 1 aliphatic carbocycles. The Kier molecular flexibility index (Phi) is 3.83. The molecule has 0 saturated heterocycles. The summed E-state index contributed by atoms with van der Waals surface area (Å²) in [6.07, 6.45) is -11.3. The summed E-state index contributed by atoms with van der Waals surface area (Å²) in [7, 11) is 0. The lowest BCUT2D eigenvalue weighted by Crippen LogP contribution is -2.72. The summed E-state index contributed by atoms with van der Waals surface area (Å²) in [5.41, 5.74) is -7.19. The van der Waals surface area contributed by atoms with Crippen LogP contribution in [-0.2, 0) is 9.53 Å². The SMILES string of the molecule is CC1(OC(=O)C([O-])(C(F)(F)F)C(F)(F)F)CCCC1. The first-order valence-electron chi connectivity index (χ1n) is 5.41. The van der Waals surface area contributed by atoms with Crippen molar-refractivity contribution in [2.45, 2.75) is 56.2 Å². The molecule has 0 spiro atoms. The molecule has 1 saturated carbocycles. The first-order valence-corrected chi connectivity index (χ1v) is 5.41. The molecule has 0 aromatic heterocycles. The summed E-state index contributed by atoms with van der Waals surface area (Å²) in [5.74, 6) is -2.84. The number of hydrogen-bond acceptors (Lipinski definition) is 3. The van der Waals surface area contributed by atoms with Crippen LogP contribution in [0.25, 0.3) is 0 Å². The zero-order valence-electron chi connectivity index (χ0n) is 9.82. The Bertz CT molecular complexity index is 339. The Morgan fingerprint density at radius 1 is 1.05 bits per heavy atom. The van der Waals surface area contributed by atoms with Crippen LogP contribution < -0.4 is 5.11 Å². The van der Waals surface area contributed by atoms with E-state index in [0.717, 1.165) is 0 Å². The zero-order valence-corrected chi connectivity index (χ0v) is 9.82. The third-order valence-corrected chi connectivity index (χ3v) is 3.09. The van der Waals surface area contributed by atoms with Crippen molar-refractivity contribution < 1.29 is 41.0 Å². The lowest BCUT2D eigenvalue weighted by molar-refractivity contribution is -0.575. The van der Waals surface area contributed by atoms with E-state index in [9.17, 15) is 36.2 Å². The van der Waals surface area contributed by atoms with E-state index in [1.165, 1.54) is 6.92 Å². The maximum absolute atomic E-state index is 12.3. The van der Waals surface area contributed by atoms with Gasteiger partial charge in [0, 0.05) is 0 Å². The number of esters is 1. The van der Waals surface area contributed by atoms with E-state index in [-0.39, 0.29) is 12.8 Å². The van der Waals surface area contributed by atoms with E-state index in [4.69, 9.17) is 0 Å². The number of carbonyl (C=O) groups excluding carboxylic acids is 1. The van der Waals surface area contributed by atoms with E-state index in [1.807, 2.05) is 0 Å². The molecule has 112 valence electrons.